The van der Waals surface area contributed by atoms with Crippen molar-refractivity contribution in [3.05, 3.63) is 112 Å². The second-order valence-corrected chi connectivity index (χ2v) is 17.6. The van der Waals surface area contributed by atoms with Gasteiger partial charge in [0.25, 0.3) is 0 Å². The van der Waals surface area contributed by atoms with Gasteiger partial charge in [-0.15, -0.1) is 0 Å². The molecule has 0 radical (unpaired) electrons. The summed E-state index contributed by atoms with van der Waals surface area (Å²) >= 11 is 0. The molecule has 7 nitrogen and oxygen atoms in total. The third kappa shape index (κ3) is 9.72. The van der Waals surface area contributed by atoms with Crippen LogP contribution in [0, 0.1) is 0 Å². The number of phenolic OH excluding ortho intramolecular Hbond substituents is 3. The number of hydrogen-bond donors (Lipinski definition) is 4. The number of para-hydroxylation sites is 4. The average Bonchev–Trinajstić information content (AvgIpc) is 3.40. The Bertz CT molecular complexity index is 1910. The van der Waals surface area contributed by atoms with Crippen molar-refractivity contribution in [3.8, 4) is 17.2 Å². The number of oxazole rings is 1. The van der Waals surface area contributed by atoms with Crippen LogP contribution in [-0.4, -0.2) is 26.2 Å². The van der Waals surface area contributed by atoms with E-state index in [0.717, 1.165) is 44.5 Å². The van der Waals surface area contributed by atoms with Gasteiger partial charge in [-0.3, -0.25) is 4.79 Å². The second kappa shape index (κ2) is 14.5. The standard InChI is InChI=1S/C22H29NO3.C22H27NO2/c1-21(2,3)15-11-14(12-16(20(15)26)22(4,5)6)13-19(25)23-17-9-7-8-10-18(17)24;1-21(2,3)15-11-14(12-16(20(15)24)22(4,5)6)13-19-23-17-9-7-8-10-18(17)25-19/h7-12,24,26H,13H2,1-6H3,(H,23,25);7-12,24H,13H2,1-6H3. The van der Waals surface area contributed by atoms with Crippen molar-refractivity contribution in [2.45, 2.75) is 118 Å². The van der Waals surface area contributed by atoms with Gasteiger partial charge in [-0.05, 0) is 79.3 Å². The van der Waals surface area contributed by atoms with Crippen LogP contribution in [0.15, 0.2) is 77.2 Å². The first-order chi connectivity index (χ1) is 23.4. The maximum atomic E-state index is 12.5. The van der Waals surface area contributed by atoms with E-state index >= 15 is 0 Å². The first-order valence-corrected chi connectivity index (χ1v) is 17.6. The third-order valence-electron chi connectivity index (χ3n) is 8.81. The van der Waals surface area contributed by atoms with E-state index in [1.165, 1.54) is 6.07 Å². The lowest BCUT2D eigenvalue weighted by Gasteiger charge is -2.28. The molecule has 5 aromatic rings. The summed E-state index contributed by atoms with van der Waals surface area (Å²) in [7, 11) is 0. The van der Waals surface area contributed by atoms with E-state index in [1.807, 2.05) is 77.9 Å². The number of benzene rings is 4. The van der Waals surface area contributed by atoms with Gasteiger partial charge in [0, 0.05) is 6.42 Å². The van der Waals surface area contributed by atoms with Crippen LogP contribution in [0.4, 0.5) is 5.69 Å². The lowest BCUT2D eigenvalue weighted by atomic mass is 9.78. The van der Waals surface area contributed by atoms with Crippen LogP contribution < -0.4 is 5.32 Å². The van der Waals surface area contributed by atoms with Crippen LogP contribution in [0.3, 0.4) is 0 Å². The summed E-state index contributed by atoms with van der Waals surface area (Å²) in [6, 6.07) is 22.4. The number of amides is 1. The Morgan fingerprint density at radius 2 is 1.06 bits per heavy atom. The molecule has 0 saturated carbocycles. The number of aromatic hydroxyl groups is 3. The fraction of sp³-hybridized carbons (Fsp3) is 0.409. The number of aromatic nitrogens is 1. The molecule has 4 aromatic carbocycles. The number of nitrogens with zero attached hydrogens (tertiary/aromatic N) is 1. The summed E-state index contributed by atoms with van der Waals surface area (Å²) < 4.78 is 5.88. The van der Waals surface area contributed by atoms with Gasteiger partial charge in [0.15, 0.2) is 11.5 Å². The van der Waals surface area contributed by atoms with Crippen LogP contribution in [0.5, 0.6) is 17.2 Å². The molecule has 0 spiro atoms. The van der Waals surface area contributed by atoms with Gasteiger partial charge in [-0.25, -0.2) is 4.98 Å². The van der Waals surface area contributed by atoms with E-state index < -0.39 is 0 Å². The number of fused-ring (bicyclic) bond motifs is 1. The zero-order valence-electron chi connectivity index (χ0n) is 32.4. The molecule has 4 N–H and O–H groups in total. The van der Waals surface area contributed by atoms with Gasteiger partial charge in [-0.1, -0.05) is 132 Å². The Balaban J connectivity index is 0.000000229. The van der Waals surface area contributed by atoms with E-state index in [4.69, 9.17) is 4.42 Å². The maximum absolute atomic E-state index is 12.5. The van der Waals surface area contributed by atoms with Gasteiger partial charge >= 0.3 is 0 Å². The molecule has 1 aromatic heterocycles. The molecule has 0 atom stereocenters. The molecule has 0 fully saturated rings. The Labute approximate surface area is 303 Å². The fourth-order valence-corrected chi connectivity index (χ4v) is 6.01. The molecule has 5 rings (SSSR count). The largest absolute Gasteiger partial charge is 0.507 e. The number of carbonyl (C=O) groups excluding carboxylic acids is 1. The van der Waals surface area contributed by atoms with E-state index in [0.29, 0.717) is 29.5 Å². The number of phenols is 3. The summed E-state index contributed by atoms with van der Waals surface area (Å²) in [5.41, 5.74) is 6.85. The molecule has 1 heterocycles. The van der Waals surface area contributed by atoms with Gasteiger partial charge in [0.2, 0.25) is 5.91 Å². The fourth-order valence-electron chi connectivity index (χ4n) is 6.01. The number of anilines is 1. The Hall–Kier alpha value is -4.78. The minimum atomic E-state index is -0.242. The van der Waals surface area contributed by atoms with Crippen LogP contribution in [0.2, 0.25) is 0 Å². The topological polar surface area (TPSA) is 116 Å². The molecular formula is C44H56N2O5. The van der Waals surface area contributed by atoms with Crippen molar-refractivity contribution < 1.29 is 24.5 Å². The lowest BCUT2D eigenvalue weighted by Crippen LogP contribution is -2.20. The van der Waals surface area contributed by atoms with Crippen molar-refractivity contribution in [1.82, 2.24) is 4.98 Å². The summed E-state index contributed by atoms with van der Waals surface area (Å²) in [6.07, 6.45) is 0.780. The van der Waals surface area contributed by atoms with Crippen molar-refractivity contribution in [3.63, 3.8) is 0 Å². The van der Waals surface area contributed by atoms with Crippen molar-refractivity contribution in [2.24, 2.45) is 0 Å². The smallest absolute Gasteiger partial charge is 0.228 e. The lowest BCUT2D eigenvalue weighted by molar-refractivity contribution is -0.115. The van der Waals surface area contributed by atoms with E-state index in [1.54, 1.807) is 18.2 Å². The molecule has 7 heteroatoms. The van der Waals surface area contributed by atoms with Crippen LogP contribution in [0.25, 0.3) is 11.1 Å². The number of carbonyl (C=O) groups is 1. The summed E-state index contributed by atoms with van der Waals surface area (Å²) in [6.45, 7) is 25.0. The summed E-state index contributed by atoms with van der Waals surface area (Å²) in [5.74, 6) is 1.23. The summed E-state index contributed by atoms with van der Waals surface area (Å²) in [5, 5.41) is 34.1. The van der Waals surface area contributed by atoms with Gasteiger partial charge in [-0.2, -0.15) is 0 Å². The highest BCUT2D eigenvalue weighted by atomic mass is 16.3. The number of hydrogen-bond acceptors (Lipinski definition) is 6. The van der Waals surface area contributed by atoms with Gasteiger partial charge in [0.1, 0.15) is 22.8 Å². The first-order valence-electron chi connectivity index (χ1n) is 17.6. The molecule has 0 aliphatic heterocycles. The number of nitrogens with one attached hydrogen (secondary N) is 1. The van der Waals surface area contributed by atoms with Crippen molar-refractivity contribution in [1.29, 1.82) is 0 Å². The molecule has 272 valence electrons. The predicted octanol–water partition coefficient (Wildman–Crippen LogP) is 10.6. The molecule has 0 unspecified atom stereocenters. The average molecular weight is 693 g/mol. The Kier molecular flexibility index (Phi) is 11.1. The Morgan fingerprint density at radius 3 is 1.51 bits per heavy atom. The highest BCUT2D eigenvalue weighted by Gasteiger charge is 2.28. The molecule has 0 aliphatic rings. The molecule has 0 bridgehead atoms. The van der Waals surface area contributed by atoms with Crippen molar-refractivity contribution in [2.75, 3.05) is 5.32 Å². The second-order valence-electron chi connectivity index (χ2n) is 17.6. The zero-order valence-corrected chi connectivity index (χ0v) is 32.4. The first kappa shape index (κ1) is 39.0. The summed E-state index contributed by atoms with van der Waals surface area (Å²) in [4.78, 5) is 17.0. The zero-order chi connectivity index (χ0) is 38.1. The highest BCUT2D eigenvalue weighted by Crippen LogP contribution is 2.41. The maximum Gasteiger partial charge on any atom is 0.228 e. The molecular weight excluding hydrogens is 636 g/mol. The number of rotatable bonds is 5. The predicted molar refractivity (Wildman–Crippen MR) is 208 cm³/mol. The van der Waals surface area contributed by atoms with Crippen LogP contribution in [-0.2, 0) is 39.3 Å². The molecule has 0 saturated heterocycles. The Morgan fingerprint density at radius 1 is 0.627 bits per heavy atom. The minimum Gasteiger partial charge on any atom is -0.507 e. The molecule has 51 heavy (non-hydrogen) atoms. The van der Waals surface area contributed by atoms with Crippen LogP contribution in [0.1, 0.15) is 122 Å². The minimum absolute atomic E-state index is 0.0392. The molecule has 0 aliphatic carbocycles. The monoisotopic (exact) mass is 692 g/mol. The third-order valence-corrected chi connectivity index (χ3v) is 8.81. The highest BCUT2D eigenvalue weighted by molar-refractivity contribution is 5.93. The van der Waals surface area contributed by atoms with Crippen LogP contribution >= 0.6 is 0 Å². The molecule has 1 amide bonds. The van der Waals surface area contributed by atoms with Gasteiger partial charge in [0.05, 0.1) is 12.1 Å². The quantitative estimate of drug-likeness (QED) is 0.136. The van der Waals surface area contributed by atoms with Gasteiger partial charge < -0.3 is 25.1 Å². The van der Waals surface area contributed by atoms with E-state index in [9.17, 15) is 20.1 Å². The SMILES string of the molecule is CC(C)(C)c1cc(CC(=O)Nc2ccccc2O)cc(C(C)(C)C)c1O.CC(C)(C)c1cc(Cc2nc3ccccc3o2)cc(C(C)(C)C)c1O. The normalized spacial score (nSPS) is 12.4. The van der Waals surface area contributed by atoms with Crippen molar-refractivity contribution >= 4 is 22.7 Å². The van der Waals surface area contributed by atoms with E-state index in [2.05, 4.69) is 64.0 Å². The van der Waals surface area contributed by atoms with E-state index in [-0.39, 0.29) is 39.7 Å².